The molecule has 0 atom stereocenters. The SMILES string of the molecule is CCCN(CC1CC1)c1nc(C(N)=O)cc(-c2ccccc2OC)n1.NC(=O)c1cc(-c2ccccc2)nc(N2CCSCC2)n1. The molecule has 12 heteroatoms. The molecule has 1 aliphatic carbocycles. The maximum Gasteiger partial charge on any atom is 0.267 e. The van der Waals surface area contributed by atoms with Crippen LogP contribution in [0.2, 0.25) is 0 Å². The number of carbonyl (C=O) groups is 2. The molecule has 240 valence electrons. The summed E-state index contributed by atoms with van der Waals surface area (Å²) < 4.78 is 5.43. The lowest BCUT2D eigenvalue weighted by Gasteiger charge is -2.26. The Morgan fingerprint density at radius 3 is 2.20 bits per heavy atom. The number of hydrogen-bond acceptors (Lipinski definition) is 10. The van der Waals surface area contributed by atoms with E-state index in [-0.39, 0.29) is 11.4 Å². The van der Waals surface area contributed by atoms with E-state index < -0.39 is 11.8 Å². The van der Waals surface area contributed by atoms with Crippen LogP contribution in [-0.4, -0.2) is 76.5 Å². The molecule has 2 aliphatic rings. The van der Waals surface area contributed by atoms with Gasteiger partial charge in [0.2, 0.25) is 11.9 Å². The third-order valence-corrected chi connectivity index (χ3v) is 8.57. The third kappa shape index (κ3) is 8.51. The normalized spacial score (nSPS) is 14.2. The Kier molecular flexibility index (Phi) is 11.0. The summed E-state index contributed by atoms with van der Waals surface area (Å²) in [6.07, 6.45) is 3.48. The monoisotopic (exact) mass is 640 g/mol. The summed E-state index contributed by atoms with van der Waals surface area (Å²) >= 11 is 1.92. The summed E-state index contributed by atoms with van der Waals surface area (Å²) in [5.74, 6) is 3.56. The lowest BCUT2D eigenvalue weighted by Crippen LogP contribution is -2.34. The molecule has 2 aromatic heterocycles. The van der Waals surface area contributed by atoms with Crippen molar-refractivity contribution in [1.82, 2.24) is 19.9 Å². The van der Waals surface area contributed by atoms with E-state index in [1.54, 1.807) is 19.2 Å². The highest BCUT2D eigenvalue weighted by molar-refractivity contribution is 7.99. The molecule has 0 unspecified atom stereocenters. The van der Waals surface area contributed by atoms with Gasteiger partial charge >= 0.3 is 0 Å². The molecule has 4 N–H and O–H groups in total. The first kappa shape index (κ1) is 32.7. The largest absolute Gasteiger partial charge is 0.496 e. The van der Waals surface area contributed by atoms with E-state index in [2.05, 4.69) is 31.7 Å². The Morgan fingerprint density at radius 2 is 1.54 bits per heavy atom. The van der Waals surface area contributed by atoms with Gasteiger partial charge in [0.15, 0.2) is 0 Å². The Morgan fingerprint density at radius 1 is 0.891 bits per heavy atom. The van der Waals surface area contributed by atoms with Crippen LogP contribution < -0.4 is 26.0 Å². The summed E-state index contributed by atoms with van der Waals surface area (Å²) in [5.41, 5.74) is 14.6. The lowest BCUT2D eigenvalue weighted by atomic mass is 10.1. The van der Waals surface area contributed by atoms with Crippen molar-refractivity contribution in [3.63, 3.8) is 0 Å². The molecule has 4 aromatic rings. The molecule has 3 heterocycles. The highest BCUT2D eigenvalue weighted by Gasteiger charge is 2.26. The van der Waals surface area contributed by atoms with Gasteiger partial charge < -0.3 is 26.0 Å². The molecular weight excluding hydrogens is 600 g/mol. The number of primary amides is 2. The molecule has 2 fully saturated rings. The zero-order valence-electron chi connectivity index (χ0n) is 26.3. The standard InChI is InChI=1S/C19H24N4O2.C15H16N4OS/c1-3-10-23(12-13-8-9-13)19-21-15(11-16(22-19)18(20)24)14-6-4-5-7-17(14)25-2;16-14(20)13-10-12(11-4-2-1-3-5-11)17-15(18-13)19-6-8-21-9-7-19/h4-7,11,13H,3,8-10,12H2,1-2H3,(H2,20,24);1-5,10H,6-9H2,(H2,16,20). The molecule has 0 radical (unpaired) electrons. The molecule has 2 amide bonds. The zero-order valence-corrected chi connectivity index (χ0v) is 27.1. The van der Waals surface area contributed by atoms with Gasteiger partial charge in [-0.05, 0) is 49.4 Å². The number of benzene rings is 2. The number of para-hydroxylation sites is 1. The minimum absolute atomic E-state index is 0.225. The van der Waals surface area contributed by atoms with Gasteiger partial charge in [0.25, 0.3) is 11.8 Å². The van der Waals surface area contributed by atoms with Crippen LogP contribution in [-0.2, 0) is 0 Å². The number of nitrogens with zero attached hydrogens (tertiary/aromatic N) is 6. The second-order valence-electron chi connectivity index (χ2n) is 11.2. The second kappa shape index (κ2) is 15.5. The predicted molar refractivity (Wildman–Crippen MR) is 183 cm³/mol. The van der Waals surface area contributed by atoms with Gasteiger partial charge in [-0.15, -0.1) is 0 Å². The maximum absolute atomic E-state index is 11.8. The molecule has 1 saturated heterocycles. The van der Waals surface area contributed by atoms with Crippen molar-refractivity contribution in [3.8, 4) is 28.3 Å². The second-order valence-corrected chi connectivity index (χ2v) is 12.4. The number of methoxy groups -OCH3 is 1. The van der Waals surface area contributed by atoms with Gasteiger partial charge in [0.1, 0.15) is 17.1 Å². The zero-order chi connectivity index (χ0) is 32.5. The first-order chi connectivity index (χ1) is 22.4. The fraction of sp³-hybridized carbons (Fsp3) is 0.353. The van der Waals surface area contributed by atoms with Gasteiger partial charge in [0, 0.05) is 48.8 Å². The highest BCUT2D eigenvalue weighted by atomic mass is 32.2. The number of aromatic nitrogens is 4. The molecular formula is C34H40N8O3S. The minimum atomic E-state index is -0.553. The number of anilines is 2. The lowest BCUT2D eigenvalue weighted by molar-refractivity contribution is 0.0987. The summed E-state index contributed by atoms with van der Waals surface area (Å²) in [6.45, 7) is 5.67. The van der Waals surface area contributed by atoms with Gasteiger partial charge in [0.05, 0.1) is 18.5 Å². The van der Waals surface area contributed by atoms with E-state index in [9.17, 15) is 9.59 Å². The average Bonchev–Trinajstić information content (AvgIpc) is 3.93. The molecule has 0 spiro atoms. The smallest absolute Gasteiger partial charge is 0.267 e. The maximum atomic E-state index is 11.8. The highest BCUT2D eigenvalue weighted by Crippen LogP contribution is 2.33. The van der Waals surface area contributed by atoms with Crippen molar-refractivity contribution in [1.29, 1.82) is 0 Å². The summed E-state index contributed by atoms with van der Waals surface area (Å²) in [4.78, 5) is 45.6. The molecule has 1 aliphatic heterocycles. The number of carbonyl (C=O) groups excluding carboxylic acids is 2. The van der Waals surface area contributed by atoms with Crippen LogP contribution in [0.4, 0.5) is 11.9 Å². The van der Waals surface area contributed by atoms with E-state index in [1.807, 2.05) is 66.4 Å². The summed E-state index contributed by atoms with van der Waals surface area (Å²) in [5, 5.41) is 0. The van der Waals surface area contributed by atoms with Crippen molar-refractivity contribution >= 4 is 35.5 Å². The van der Waals surface area contributed by atoms with Crippen LogP contribution in [0, 0.1) is 5.92 Å². The van der Waals surface area contributed by atoms with Crippen molar-refractivity contribution in [2.24, 2.45) is 17.4 Å². The number of amides is 2. The summed E-state index contributed by atoms with van der Waals surface area (Å²) in [7, 11) is 1.62. The van der Waals surface area contributed by atoms with E-state index in [0.29, 0.717) is 29.3 Å². The van der Waals surface area contributed by atoms with Crippen molar-refractivity contribution in [3.05, 3.63) is 78.1 Å². The molecule has 11 nitrogen and oxygen atoms in total. The topological polar surface area (TPSA) is 153 Å². The molecule has 6 rings (SSSR count). The molecule has 46 heavy (non-hydrogen) atoms. The van der Waals surface area contributed by atoms with Crippen LogP contribution in [0.15, 0.2) is 66.7 Å². The van der Waals surface area contributed by atoms with E-state index in [4.69, 9.17) is 21.2 Å². The molecule has 0 bridgehead atoms. The molecule has 1 saturated carbocycles. The quantitative estimate of drug-likeness (QED) is 0.236. The predicted octanol–water partition coefficient (Wildman–Crippen LogP) is 4.67. The Bertz CT molecular complexity index is 1640. The van der Waals surface area contributed by atoms with E-state index in [0.717, 1.165) is 60.9 Å². The van der Waals surface area contributed by atoms with Gasteiger partial charge in [-0.1, -0.05) is 49.4 Å². The van der Waals surface area contributed by atoms with Crippen molar-refractivity contribution in [2.45, 2.75) is 26.2 Å². The van der Waals surface area contributed by atoms with Gasteiger partial charge in [-0.2, -0.15) is 11.8 Å². The summed E-state index contributed by atoms with van der Waals surface area (Å²) in [6, 6.07) is 20.6. The Labute approximate surface area is 273 Å². The van der Waals surface area contributed by atoms with Gasteiger partial charge in [-0.25, -0.2) is 19.9 Å². The Hall–Kier alpha value is -4.71. The minimum Gasteiger partial charge on any atom is -0.496 e. The fourth-order valence-electron chi connectivity index (χ4n) is 5.07. The number of nitrogens with two attached hydrogens (primary N) is 2. The van der Waals surface area contributed by atoms with Crippen LogP contribution in [0.1, 0.15) is 47.2 Å². The average molecular weight is 641 g/mol. The molecule has 2 aromatic carbocycles. The van der Waals surface area contributed by atoms with E-state index >= 15 is 0 Å². The first-order valence-electron chi connectivity index (χ1n) is 15.5. The Balaban J connectivity index is 0.000000184. The van der Waals surface area contributed by atoms with Crippen LogP contribution >= 0.6 is 11.8 Å². The number of ether oxygens (including phenoxy) is 1. The van der Waals surface area contributed by atoms with Crippen LogP contribution in [0.25, 0.3) is 22.5 Å². The fourth-order valence-corrected chi connectivity index (χ4v) is 5.98. The van der Waals surface area contributed by atoms with Gasteiger partial charge in [-0.3, -0.25) is 9.59 Å². The van der Waals surface area contributed by atoms with Crippen molar-refractivity contribution < 1.29 is 14.3 Å². The van der Waals surface area contributed by atoms with Crippen LogP contribution in [0.3, 0.4) is 0 Å². The first-order valence-corrected chi connectivity index (χ1v) is 16.7. The number of hydrogen-bond donors (Lipinski definition) is 2. The van der Waals surface area contributed by atoms with Crippen LogP contribution in [0.5, 0.6) is 5.75 Å². The van der Waals surface area contributed by atoms with E-state index in [1.165, 1.54) is 12.8 Å². The number of rotatable bonds is 11. The number of thioether (sulfide) groups is 1. The third-order valence-electron chi connectivity index (χ3n) is 7.63. The van der Waals surface area contributed by atoms with Crippen molar-refractivity contribution in [2.75, 3.05) is 54.6 Å².